The Bertz CT molecular complexity index is 424. The van der Waals surface area contributed by atoms with Gasteiger partial charge in [0.05, 0.1) is 0 Å². The zero-order valence-electron chi connectivity index (χ0n) is 13.8. The molecule has 0 heterocycles. The quantitative estimate of drug-likeness (QED) is 0.547. The highest BCUT2D eigenvalue weighted by molar-refractivity contribution is 5.99. The van der Waals surface area contributed by atoms with E-state index in [1.54, 1.807) is 7.05 Å². The molecule has 0 bridgehead atoms. The topological polar surface area (TPSA) is 65.5 Å². The summed E-state index contributed by atoms with van der Waals surface area (Å²) in [6, 6.07) is 0. The molecule has 20 heavy (non-hydrogen) atoms. The maximum absolute atomic E-state index is 12.0. The first kappa shape index (κ1) is 18.2. The van der Waals surface area contributed by atoms with E-state index in [1.807, 2.05) is 41.5 Å². The lowest BCUT2D eigenvalue weighted by Gasteiger charge is -2.21. The predicted molar refractivity (Wildman–Crippen MR) is 85.0 cm³/mol. The second-order valence-electron chi connectivity index (χ2n) is 5.86. The summed E-state index contributed by atoms with van der Waals surface area (Å²) in [7, 11) is 1.63. The summed E-state index contributed by atoms with van der Waals surface area (Å²) in [5.41, 5.74) is 1.47. The van der Waals surface area contributed by atoms with Crippen molar-refractivity contribution in [3.05, 3.63) is 23.7 Å². The number of rotatable bonds is 4. The second kappa shape index (κ2) is 7.72. The van der Waals surface area contributed by atoms with Gasteiger partial charge in [-0.1, -0.05) is 34.3 Å². The van der Waals surface area contributed by atoms with E-state index in [-0.39, 0.29) is 5.91 Å². The van der Waals surface area contributed by atoms with Crippen LogP contribution in [0.4, 0.5) is 0 Å². The van der Waals surface area contributed by atoms with Crippen LogP contribution < -0.4 is 16.0 Å². The Hall–Kier alpha value is -1.78. The van der Waals surface area contributed by atoms with Gasteiger partial charge in [0.15, 0.2) is 0 Å². The van der Waals surface area contributed by atoms with Crippen LogP contribution in [0.15, 0.2) is 28.7 Å². The van der Waals surface area contributed by atoms with Gasteiger partial charge in [0.1, 0.15) is 5.82 Å². The molecule has 0 rings (SSSR count). The van der Waals surface area contributed by atoms with Crippen LogP contribution in [0, 0.1) is 5.41 Å². The van der Waals surface area contributed by atoms with Gasteiger partial charge < -0.3 is 10.6 Å². The molecule has 0 unspecified atom stereocenters. The van der Waals surface area contributed by atoms with Crippen molar-refractivity contribution in [1.29, 1.82) is 0 Å². The molecule has 0 aromatic rings. The highest BCUT2D eigenvalue weighted by Gasteiger charge is 2.22. The highest BCUT2D eigenvalue weighted by atomic mass is 16.2. The van der Waals surface area contributed by atoms with Crippen molar-refractivity contribution in [3.8, 4) is 0 Å². The zero-order valence-corrected chi connectivity index (χ0v) is 13.8. The Labute approximate surface area is 122 Å². The molecule has 0 saturated heterocycles. The highest BCUT2D eigenvalue weighted by Crippen LogP contribution is 2.12. The standard InChI is InChI=1S/C15H28N4O/c1-9-11(4)17-12(10(2)3)18-14(16-8)19-13(20)15(5,6)7/h17H,4,9H2,1-3,5-8H3,(H2,16,18,19,20). The second-order valence-corrected chi connectivity index (χ2v) is 5.86. The third-order valence-electron chi connectivity index (χ3n) is 2.61. The molecule has 0 aromatic carbocycles. The van der Waals surface area contributed by atoms with Gasteiger partial charge in [0, 0.05) is 18.2 Å². The average Bonchev–Trinajstić information content (AvgIpc) is 2.34. The molecular formula is C15H28N4O. The fraction of sp³-hybridized carbons (Fsp3) is 0.600. The summed E-state index contributed by atoms with van der Waals surface area (Å²) in [6.45, 7) is 15.4. The molecule has 0 radical (unpaired) electrons. The van der Waals surface area contributed by atoms with Crippen molar-refractivity contribution in [2.75, 3.05) is 7.05 Å². The van der Waals surface area contributed by atoms with E-state index >= 15 is 0 Å². The summed E-state index contributed by atoms with van der Waals surface area (Å²) in [5, 5.41) is 9.06. The number of aliphatic imine (C=N–C) groups is 1. The number of carbonyl (C=O) groups excluding carboxylic acids is 1. The number of carbonyl (C=O) groups is 1. The molecule has 1 amide bonds. The molecule has 0 fully saturated rings. The van der Waals surface area contributed by atoms with Gasteiger partial charge in [-0.3, -0.25) is 15.1 Å². The average molecular weight is 280 g/mol. The molecule has 0 saturated carbocycles. The fourth-order valence-electron chi connectivity index (χ4n) is 1.10. The molecule has 0 aliphatic carbocycles. The van der Waals surface area contributed by atoms with Crippen molar-refractivity contribution in [3.63, 3.8) is 0 Å². The predicted octanol–water partition coefficient (Wildman–Crippen LogP) is 2.49. The molecule has 5 nitrogen and oxygen atoms in total. The van der Waals surface area contributed by atoms with E-state index in [4.69, 9.17) is 0 Å². The minimum absolute atomic E-state index is 0.0898. The number of hydrogen-bond donors (Lipinski definition) is 3. The van der Waals surface area contributed by atoms with Gasteiger partial charge in [-0.25, -0.2) is 0 Å². The van der Waals surface area contributed by atoms with Crippen LogP contribution in [-0.4, -0.2) is 18.9 Å². The maximum atomic E-state index is 12.0. The van der Waals surface area contributed by atoms with Crippen molar-refractivity contribution in [2.45, 2.75) is 48.0 Å². The number of hydrogen-bond acceptors (Lipinski definition) is 3. The Balaban J connectivity index is 4.90. The van der Waals surface area contributed by atoms with E-state index in [9.17, 15) is 4.79 Å². The molecule has 0 aliphatic heterocycles. The van der Waals surface area contributed by atoms with E-state index < -0.39 is 5.41 Å². The summed E-state index contributed by atoms with van der Waals surface area (Å²) in [4.78, 5) is 16.0. The molecule has 0 spiro atoms. The van der Waals surface area contributed by atoms with Crippen LogP contribution in [-0.2, 0) is 4.79 Å². The maximum Gasteiger partial charge on any atom is 0.232 e. The van der Waals surface area contributed by atoms with Crippen molar-refractivity contribution < 1.29 is 4.79 Å². The summed E-state index contributed by atoms with van der Waals surface area (Å²) in [5.74, 6) is 1.11. The van der Waals surface area contributed by atoms with Gasteiger partial charge in [-0.2, -0.15) is 0 Å². The Kier molecular flexibility index (Phi) is 7.04. The van der Waals surface area contributed by atoms with Gasteiger partial charge in [-0.15, -0.1) is 0 Å². The SMILES string of the molecule is C=C(CC)NC(NC(=NC)NC(=O)C(C)(C)C)=C(C)C. The minimum Gasteiger partial charge on any atom is -0.346 e. The summed E-state index contributed by atoms with van der Waals surface area (Å²) in [6.07, 6.45) is 0.825. The van der Waals surface area contributed by atoms with Gasteiger partial charge in [0.25, 0.3) is 0 Å². The first-order chi connectivity index (χ1) is 9.11. The molecule has 0 atom stereocenters. The van der Waals surface area contributed by atoms with Crippen LogP contribution in [0.2, 0.25) is 0 Å². The van der Waals surface area contributed by atoms with E-state index in [1.165, 1.54) is 0 Å². The summed E-state index contributed by atoms with van der Waals surface area (Å²) >= 11 is 0. The minimum atomic E-state index is -0.469. The smallest absolute Gasteiger partial charge is 0.232 e. The molecule has 5 heteroatoms. The molecular weight excluding hydrogens is 252 g/mol. The fourth-order valence-corrected chi connectivity index (χ4v) is 1.10. The van der Waals surface area contributed by atoms with Crippen LogP contribution >= 0.6 is 0 Å². The third kappa shape index (κ3) is 6.41. The van der Waals surface area contributed by atoms with Crippen molar-refractivity contribution >= 4 is 11.9 Å². The first-order valence-corrected chi connectivity index (χ1v) is 6.79. The molecule has 114 valence electrons. The van der Waals surface area contributed by atoms with Gasteiger partial charge in [0.2, 0.25) is 11.9 Å². The number of guanidine groups is 1. The van der Waals surface area contributed by atoms with E-state index in [0.717, 1.165) is 23.5 Å². The first-order valence-electron chi connectivity index (χ1n) is 6.79. The van der Waals surface area contributed by atoms with Crippen LogP contribution in [0.1, 0.15) is 48.0 Å². The number of nitrogens with zero attached hydrogens (tertiary/aromatic N) is 1. The normalized spacial score (nSPS) is 11.7. The molecule has 0 aromatic heterocycles. The van der Waals surface area contributed by atoms with E-state index in [0.29, 0.717) is 5.96 Å². The lowest BCUT2D eigenvalue weighted by atomic mass is 9.96. The zero-order chi connectivity index (χ0) is 15.9. The summed E-state index contributed by atoms with van der Waals surface area (Å²) < 4.78 is 0. The van der Waals surface area contributed by atoms with Gasteiger partial charge in [-0.05, 0) is 25.8 Å². The lowest BCUT2D eigenvalue weighted by Crippen LogP contribution is -2.47. The van der Waals surface area contributed by atoms with Crippen molar-refractivity contribution in [1.82, 2.24) is 16.0 Å². The Morgan fingerprint density at radius 3 is 2.05 bits per heavy atom. The van der Waals surface area contributed by atoms with Crippen molar-refractivity contribution in [2.24, 2.45) is 10.4 Å². The van der Waals surface area contributed by atoms with Crippen LogP contribution in [0.5, 0.6) is 0 Å². The molecule has 0 aliphatic rings. The van der Waals surface area contributed by atoms with Crippen LogP contribution in [0.25, 0.3) is 0 Å². The lowest BCUT2D eigenvalue weighted by molar-refractivity contribution is -0.127. The monoisotopic (exact) mass is 280 g/mol. The third-order valence-corrected chi connectivity index (χ3v) is 2.61. The number of allylic oxidation sites excluding steroid dienone is 2. The Morgan fingerprint density at radius 1 is 1.15 bits per heavy atom. The number of amides is 1. The molecule has 3 N–H and O–H groups in total. The van der Waals surface area contributed by atoms with Gasteiger partial charge >= 0.3 is 0 Å². The Morgan fingerprint density at radius 2 is 1.70 bits per heavy atom. The largest absolute Gasteiger partial charge is 0.346 e. The number of nitrogens with one attached hydrogen (secondary N) is 3. The van der Waals surface area contributed by atoms with Crippen LogP contribution in [0.3, 0.4) is 0 Å². The van der Waals surface area contributed by atoms with E-state index in [2.05, 4.69) is 27.5 Å².